The Bertz CT molecular complexity index is 574. The molecule has 3 rings (SSSR count). The number of ether oxygens (including phenoxy) is 1. The maximum Gasteiger partial charge on any atom is 0.491 e. The molecule has 0 amide bonds. The number of fused-ring (bicyclic) bond motifs is 1. The maximum atomic E-state index is 9.60. The van der Waals surface area contributed by atoms with Crippen LogP contribution in [0.25, 0.3) is 0 Å². The first-order valence-corrected chi connectivity index (χ1v) is 5.54. The van der Waals surface area contributed by atoms with Crippen LogP contribution in [0.5, 0.6) is 11.6 Å². The zero-order valence-electron chi connectivity index (χ0n) is 9.54. The number of hydrogen-bond acceptors (Lipinski definition) is 5. The van der Waals surface area contributed by atoms with Crippen LogP contribution in [0, 0.1) is 0 Å². The predicted molar refractivity (Wildman–Crippen MR) is 67.6 cm³/mol. The highest BCUT2D eigenvalue weighted by molar-refractivity contribution is 6.61. The third-order valence-electron chi connectivity index (χ3n) is 2.76. The van der Waals surface area contributed by atoms with E-state index in [2.05, 4.69) is 4.98 Å². The van der Waals surface area contributed by atoms with Gasteiger partial charge in [-0.05, 0) is 29.2 Å². The summed E-state index contributed by atoms with van der Waals surface area (Å²) in [6, 6.07) is 8.85. The molecule has 0 fully saturated rings. The Balaban J connectivity index is 1.85. The van der Waals surface area contributed by atoms with E-state index in [1.54, 1.807) is 18.2 Å². The topological polar surface area (TPSA) is 77.6 Å². The van der Waals surface area contributed by atoms with Crippen molar-refractivity contribution in [3.63, 3.8) is 0 Å². The van der Waals surface area contributed by atoms with Crippen LogP contribution in [0.4, 0.5) is 5.69 Å². The molecule has 1 aromatic heterocycles. The molecule has 0 spiro atoms. The first kappa shape index (κ1) is 11.1. The Morgan fingerprint density at radius 1 is 1.33 bits per heavy atom. The van der Waals surface area contributed by atoms with E-state index in [9.17, 15) is 5.02 Å². The number of hydrogen-bond donors (Lipinski definition) is 2. The van der Waals surface area contributed by atoms with Gasteiger partial charge in [-0.1, -0.05) is 6.07 Å². The van der Waals surface area contributed by atoms with Crippen LogP contribution >= 0.6 is 0 Å². The molecule has 6 heteroatoms. The number of nitrogens with two attached hydrogens (primary N) is 1. The van der Waals surface area contributed by atoms with E-state index in [1.807, 2.05) is 12.1 Å². The summed E-state index contributed by atoms with van der Waals surface area (Å²) in [5.74, 6) is 1.06. The molecule has 3 N–H and O–H groups in total. The van der Waals surface area contributed by atoms with Crippen molar-refractivity contribution in [2.45, 2.75) is 6.61 Å². The molecule has 0 bridgehead atoms. The lowest BCUT2D eigenvalue weighted by Gasteiger charge is -2.06. The van der Waals surface area contributed by atoms with E-state index in [4.69, 9.17) is 15.1 Å². The predicted octanol–water partition coefficient (Wildman–Crippen LogP) is 0.674. The molecule has 1 aliphatic heterocycles. The van der Waals surface area contributed by atoms with Crippen molar-refractivity contribution in [2.24, 2.45) is 0 Å². The second kappa shape index (κ2) is 4.32. The van der Waals surface area contributed by atoms with Gasteiger partial charge in [-0.25, -0.2) is 4.98 Å². The summed E-state index contributed by atoms with van der Waals surface area (Å²) in [5.41, 5.74) is 7.84. The summed E-state index contributed by atoms with van der Waals surface area (Å²) in [6.45, 7) is 0.427. The van der Waals surface area contributed by atoms with Crippen LogP contribution in [-0.4, -0.2) is 17.1 Å². The number of rotatable bonds is 2. The van der Waals surface area contributed by atoms with Crippen molar-refractivity contribution in [3.05, 3.63) is 42.1 Å². The molecule has 0 atom stereocenters. The molecule has 0 saturated carbocycles. The van der Waals surface area contributed by atoms with Crippen LogP contribution in [0.2, 0.25) is 0 Å². The molecule has 2 aromatic rings. The molecule has 1 aliphatic rings. The van der Waals surface area contributed by atoms with Gasteiger partial charge in [0.05, 0.1) is 18.5 Å². The summed E-state index contributed by atoms with van der Waals surface area (Å²) < 4.78 is 10.7. The van der Waals surface area contributed by atoms with Crippen LogP contribution < -0.4 is 15.9 Å². The summed E-state index contributed by atoms with van der Waals surface area (Å²) in [4.78, 5) is 4.05. The second-order valence-corrected chi connectivity index (χ2v) is 4.06. The van der Waals surface area contributed by atoms with Crippen molar-refractivity contribution >= 4 is 18.3 Å². The van der Waals surface area contributed by atoms with Crippen molar-refractivity contribution in [1.29, 1.82) is 0 Å². The van der Waals surface area contributed by atoms with Gasteiger partial charge in [0, 0.05) is 6.07 Å². The summed E-state index contributed by atoms with van der Waals surface area (Å²) >= 11 is 0. The van der Waals surface area contributed by atoms with E-state index in [0.29, 0.717) is 23.9 Å². The molecule has 0 aliphatic carbocycles. The lowest BCUT2D eigenvalue weighted by atomic mass is 9.79. The molecule has 5 nitrogen and oxygen atoms in total. The van der Waals surface area contributed by atoms with E-state index in [0.717, 1.165) is 11.0 Å². The number of aromatic nitrogens is 1. The fourth-order valence-electron chi connectivity index (χ4n) is 1.83. The smallest absolute Gasteiger partial charge is 0.439 e. The SMILES string of the molecule is Nc1ccc(Oc2ccc3c(c2)B(O)OC3)nc1. The lowest BCUT2D eigenvalue weighted by Crippen LogP contribution is -2.27. The van der Waals surface area contributed by atoms with Gasteiger partial charge in [0.1, 0.15) is 5.75 Å². The summed E-state index contributed by atoms with van der Waals surface area (Å²) in [6.07, 6.45) is 1.53. The molecule has 1 aromatic carbocycles. The average Bonchev–Trinajstić information content (AvgIpc) is 2.74. The number of nitrogen functional groups attached to an aromatic ring is 1. The van der Waals surface area contributed by atoms with Gasteiger partial charge in [-0.2, -0.15) is 0 Å². The molecular formula is C12H11BN2O3. The Labute approximate surface area is 104 Å². The van der Waals surface area contributed by atoms with E-state index >= 15 is 0 Å². The Hall–Kier alpha value is -2.05. The van der Waals surface area contributed by atoms with Gasteiger partial charge < -0.3 is 20.1 Å². The van der Waals surface area contributed by atoms with Gasteiger partial charge in [-0.3, -0.25) is 0 Å². The van der Waals surface area contributed by atoms with Crippen molar-refractivity contribution in [1.82, 2.24) is 4.98 Å². The molecule has 0 saturated heterocycles. The first-order chi connectivity index (χ1) is 8.72. The molecule has 2 heterocycles. The van der Waals surface area contributed by atoms with E-state index < -0.39 is 7.12 Å². The highest BCUT2D eigenvalue weighted by Gasteiger charge is 2.27. The quantitative estimate of drug-likeness (QED) is 0.757. The van der Waals surface area contributed by atoms with Gasteiger partial charge >= 0.3 is 7.12 Å². The molecule has 0 radical (unpaired) electrons. The van der Waals surface area contributed by atoms with Crippen LogP contribution in [0.1, 0.15) is 5.56 Å². The Morgan fingerprint density at radius 2 is 2.22 bits per heavy atom. The zero-order chi connectivity index (χ0) is 12.5. The van der Waals surface area contributed by atoms with Crippen LogP contribution in [0.15, 0.2) is 36.5 Å². The second-order valence-electron chi connectivity index (χ2n) is 4.06. The summed E-state index contributed by atoms with van der Waals surface area (Å²) in [5, 5.41) is 9.60. The van der Waals surface area contributed by atoms with E-state index in [1.165, 1.54) is 6.20 Å². The highest BCUT2D eigenvalue weighted by Crippen LogP contribution is 2.21. The normalized spacial score (nSPS) is 13.5. The van der Waals surface area contributed by atoms with E-state index in [-0.39, 0.29) is 0 Å². The number of nitrogens with zero attached hydrogens (tertiary/aromatic N) is 1. The van der Waals surface area contributed by atoms with Crippen LogP contribution in [0.3, 0.4) is 0 Å². The van der Waals surface area contributed by atoms with Crippen LogP contribution in [-0.2, 0) is 11.3 Å². The number of pyridine rings is 1. The zero-order valence-corrected chi connectivity index (χ0v) is 9.54. The molecule has 18 heavy (non-hydrogen) atoms. The van der Waals surface area contributed by atoms with Crippen molar-refractivity contribution in [2.75, 3.05) is 5.73 Å². The molecule has 0 unspecified atom stereocenters. The molecule has 90 valence electrons. The largest absolute Gasteiger partial charge is 0.491 e. The Morgan fingerprint density at radius 3 is 3.00 bits per heavy atom. The van der Waals surface area contributed by atoms with Crippen molar-refractivity contribution in [3.8, 4) is 11.6 Å². The summed E-state index contributed by atoms with van der Waals surface area (Å²) in [7, 11) is -0.872. The van der Waals surface area contributed by atoms with Gasteiger partial charge in [0.15, 0.2) is 0 Å². The lowest BCUT2D eigenvalue weighted by molar-refractivity contribution is 0.275. The van der Waals surface area contributed by atoms with Crippen molar-refractivity contribution < 1.29 is 14.4 Å². The Kier molecular flexibility index (Phi) is 2.66. The first-order valence-electron chi connectivity index (χ1n) is 5.54. The average molecular weight is 242 g/mol. The minimum atomic E-state index is -0.872. The standard InChI is InChI=1S/C12H11BN2O3/c14-9-2-4-12(15-6-9)18-10-3-1-8-7-17-13(16)11(8)5-10/h1-6,16H,7,14H2. The fraction of sp³-hybridized carbons (Fsp3) is 0.0833. The third kappa shape index (κ3) is 2.03. The minimum Gasteiger partial charge on any atom is -0.439 e. The number of anilines is 1. The van der Waals surface area contributed by atoms with Gasteiger partial charge in [0.2, 0.25) is 5.88 Å². The maximum absolute atomic E-state index is 9.60. The van der Waals surface area contributed by atoms with Gasteiger partial charge in [0.25, 0.3) is 0 Å². The molecular weight excluding hydrogens is 231 g/mol. The highest BCUT2D eigenvalue weighted by atomic mass is 16.5. The number of benzene rings is 1. The fourth-order valence-corrected chi connectivity index (χ4v) is 1.83. The third-order valence-corrected chi connectivity index (χ3v) is 2.76. The van der Waals surface area contributed by atoms with Gasteiger partial charge in [-0.15, -0.1) is 0 Å². The minimum absolute atomic E-state index is 0.427. The monoisotopic (exact) mass is 242 g/mol.